The van der Waals surface area contributed by atoms with Crippen LogP contribution in [0.15, 0.2) is 0 Å². The monoisotopic (exact) mass is 290 g/mol. The van der Waals surface area contributed by atoms with E-state index in [0.717, 1.165) is 24.3 Å². The molecule has 0 saturated carbocycles. The van der Waals surface area contributed by atoms with Crippen LogP contribution < -0.4 is 0 Å². The van der Waals surface area contributed by atoms with Crippen LogP contribution in [0.4, 0.5) is 0 Å². The Labute approximate surface area is 126 Å². The van der Waals surface area contributed by atoms with Gasteiger partial charge in [0.05, 0.1) is 12.2 Å². The number of nitrogens with one attached hydrogen (secondary N) is 1. The molecule has 2 heterocycles. The van der Waals surface area contributed by atoms with Crippen molar-refractivity contribution >= 4 is 11.6 Å². The summed E-state index contributed by atoms with van der Waals surface area (Å²) in [7, 11) is 0. The van der Waals surface area contributed by atoms with Gasteiger partial charge < -0.3 is 4.98 Å². The van der Waals surface area contributed by atoms with Gasteiger partial charge in [-0.25, -0.2) is 0 Å². The van der Waals surface area contributed by atoms with Gasteiger partial charge in [0, 0.05) is 24.3 Å². The van der Waals surface area contributed by atoms with E-state index in [1.807, 2.05) is 13.8 Å². The van der Waals surface area contributed by atoms with E-state index < -0.39 is 0 Å². The van der Waals surface area contributed by atoms with Gasteiger partial charge >= 0.3 is 0 Å². The van der Waals surface area contributed by atoms with Gasteiger partial charge in [0.2, 0.25) is 0 Å². The van der Waals surface area contributed by atoms with Crippen molar-refractivity contribution in [2.75, 3.05) is 19.6 Å². The quantitative estimate of drug-likeness (QED) is 0.867. The lowest BCUT2D eigenvalue weighted by atomic mass is 9.91. The molecule has 1 fully saturated rings. The zero-order valence-electron chi connectivity index (χ0n) is 13.7. The third-order valence-electron chi connectivity index (χ3n) is 4.38. The standard InChI is InChI=1S/C17H26N2O2/c1-10-6-11(2)8-19(7-10)9-15(21)17-12(3)16(14(5)20)13(4)18-17/h10-11,18H,6-9H2,1-5H3/t10-,11+. The lowest BCUT2D eigenvalue weighted by Crippen LogP contribution is -2.41. The Morgan fingerprint density at radius 3 is 2.24 bits per heavy atom. The van der Waals surface area contributed by atoms with Crippen LogP contribution in [0.1, 0.15) is 59.3 Å². The molecule has 0 aliphatic carbocycles. The molecular formula is C17H26N2O2. The number of hydrogen-bond donors (Lipinski definition) is 1. The van der Waals surface area contributed by atoms with E-state index in [9.17, 15) is 9.59 Å². The maximum absolute atomic E-state index is 12.6. The van der Waals surface area contributed by atoms with Gasteiger partial charge in [-0.2, -0.15) is 0 Å². The maximum Gasteiger partial charge on any atom is 0.193 e. The molecule has 116 valence electrons. The molecule has 2 rings (SSSR count). The highest BCUT2D eigenvalue weighted by atomic mass is 16.1. The van der Waals surface area contributed by atoms with Gasteiger partial charge in [0.1, 0.15) is 0 Å². The number of carbonyl (C=O) groups is 2. The van der Waals surface area contributed by atoms with Crippen molar-refractivity contribution in [1.82, 2.24) is 9.88 Å². The minimum absolute atomic E-state index is 0.0144. The van der Waals surface area contributed by atoms with Crippen LogP contribution in [0.5, 0.6) is 0 Å². The normalized spacial score (nSPS) is 23.3. The van der Waals surface area contributed by atoms with Crippen LogP contribution >= 0.6 is 0 Å². The fourth-order valence-corrected chi connectivity index (χ4v) is 3.76. The molecule has 2 atom stereocenters. The lowest BCUT2D eigenvalue weighted by molar-refractivity contribution is 0.0844. The second-order valence-corrected chi connectivity index (χ2v) is 6.74. The molecule has 21 heavy (non-hydrogen) atoms. The fourth-order valence-electron chi connectivity index (χ4n) is 3.76. The molecule has 4 heteroatoms. The highest BCUT2D eigenvalue weighted by Gasteiger charge is 2.26. The fraction of sp³-hybridized carbons (Fsp3) is 0.647. The highest BCUT2D eigenvalue weighted by molar-refractivity contribution is 6.03. The number of H-pyrrole nitrogens is 1. The lowest BCUT2D eigenvalue weighted by Gasteiger charge is -2.34. The topological polar surface area (TPSA) is 53.2 Å². The average Bonchev–Trinajstić information content (AvgIpc) is 2.63. The highest BCUT2D eigenvalue weighted by Crippen LogP contribution is 2.23. The molecule has 1 aliphatic rings. The van der Waals surface area contributed by atoms with Gasteiger partial charge in [0.15, 0.2) is 11.6 Å². The first-order valence-corrected chi connectivity index (χ1v) is 7.75. The number of hydrogen-bond acceptors (Lipinski definition) is 3. The molecule has 0 spiro atoms. The number of nitrogens with zero attached hydrogens (tertiary/aromatic N) is 1. The molecule has 1 saturated heterocycles. The van der Waals surface area contributed by atoms with Gasteiger partial charge in [0.25, 0.3) is 0 Å². The van der Waals surface area contributed by atoms with Crippen LogP contribution in [0.3, 0.4) is 0 Å². The molecule has 0 aromatic carbocycles. The van der Waals surface area contributed by atoms with Crippen molar-refractivity contribution in [2.45, 2.75) is 41.0 Å². The number of aromatic amines is 1. The zero-order valence-corrected chi connectivity index (χ0v) is 13.7. The number of aromatic nitrogens is 1. The molecular weight excluding hydrogens is 264 g/mol. The summed E-state index contributed by atoms with van der Waals surface area (Å²) >= 11 is 0. The summed E-state index contributed by atoms with van der Waals surface area (Å²) in [4.78, 5) is 29.6. The molecule has 0 unspecified atom stereocenters. The molecule has 1 N–H and O–H groups in total. The Balaban J connectivity index is 2.14. The van der Waals surface area contributed by atoms with Crippen LogP contribution in [0.2, 0.25) is 0 Å². The van der Waals surface area contributed by atoms with Crippen molar-refractivity contribution in [3.63, 3.8) is 0 Å². The van der Waals surface area contributed by atoms with Crippen molar-refractivity contribution in [2.24, 2.45) is 11.8 Å². The van der Waals surface area contributed by atoms with Crippen LogP contribution in [0.25, 0.3) is 0 Å². The van der Waals surface area contributed by atoms with Crippen molar-refractivity contribution in [1.29, 1.82) is 0 Å². The maximum atomic E-state index is 12.6. The van der Waals surface area contributed by atoms with Crippen LogP contribution in [-0.2, 0) is 0 Å². The second-order valence-electron chi connectivity index (χ2n) is 6.74. The van der Waals surface area contributed by atoms with E-state index in [1.165, 1.54) is 6.42 Å². The third kappa shape index (κ3) is 3.43. The number of ketones is 2. The van der Waals surface area contributed by atoms with Crippen molar-refractivity contribution in [3.05, 3.63) is 22.5 Å². The Morgan fingerprint density at radius 1 is 1.19 bits per heavy atom. The largest absolute Gasteiger partial charge is 0.355 e. The molecule has 1 aliphatic heterocycles. The smallest absolute Gasteiger partial charge is 0.193 e. The Bertz CT molecular complexity index is 549. The summed E-state index contributed by atoms with van der Waals surface area (Å²) in [6.07, 6.45) is 1.24. The van der Waals surface area contributed by atoms with E-state index in [2.05, 4.69) is 23.7 Å². The SMILES string of the molecule is CC(=O)c1c(C)[nH]c(C(=O)CN2C[C@H](C)C[C@H](C)C2)c1C. The van der Waals surface area contributed by atoms with E-state index >= 15 is 0 Å². The number of carbonyl (C=O) groups excluding carboxylic acids is 2. The molecule has 1 aromatic rings. The van der Waals surface area contributed by atoms with Gasteiger partial charge in [-0.3, -0.25) is 14.5 Å². The molecule has 0 bridgehead atoms. The number of aryl methyl sites for hydroxylation is 1. The minimum atomic E-state index is 0.0144. The summed E-state index contributed by atoms with van der Waals surface area (Å²) in [5.41, 5.74) is 2.86. The summed E-state index contributed by atoms with van der Waals surface area (Å²) < 4.78 is 0. The zero-order chi connectivity index (χ0) is 15.7. The van der Waals surface area contributed by atoms with Gasteiger partial charge in [-0.1, -0.05) is 13.8 Å². The molecule has 1 aromatic heterocycles. The number of rotatable bonds is 4. The number of Topliss-reactive ketones (excluding diaryl/α,β-unsaturated/α-hetero) is 2. The van der Waals surface area contributed by atoms with Gasteiger partial charge in [-0.15, -0.1) is 0 Å². The Morgan fingerprint density at radius 2 is 1.76 bits per heavy atom. The van der Waals surface area contributed by atoms with Crippen molar-refractivity contribution < 1.29 is 9.59 Å². The van der Waals surface area contributed by atoms with Crippen LogP contribution in [-0.4, -0.2) is 41.1 Å². The first-order valence-electron chi connectivity index (χ1n) is 7.75. The average molecular weight is 290 g/mol. The van der Waals surface area contributed by atoms with Gasteiger partial charge in [-0.05, 0) is 44.6 Å². The van der Waals surface area contributed by atoms with E-state index in [0.29, 0.717) is 29.6 Å². The molecule has 0 radical (unpaired) electrons. The summed E-state index contributed by atoms with van der Waals surface area (Å²) in [5.74, 6) is 1.38. The Kier molecular flexibility index (Phi) is 4.67. The van der Waals surface area contributed by atoms with Crippen LogP contribution in [0, 0.1) is 25.7 Å². The minimum Gasteiger partial charge on any atom is -0.355 e. The summed E-state index contributed by atoms with van der Waals surface area (Å²) in [6.45, 7) is 12.1. The number of piperidine rings is 1. The Hall–Kier alpha value is -1.42. The molecule has 4 nitrogen and oxygen atoms in total. The summed E-state index contributed by atoms with van der Waals surface area (Å²) in [5, 5.41) is 0. The third-order valence-corrected chi connectivity index (χ3v) is 4.38. The number of likely N-dealkylation sites (tertiary alicyclic amines) is 1. The predicted molar refractivity (Wildman–Crippen MR) is 84.0 cm³/mol. The first-order chi connectivity index (χ1) is 9.79. The second kappa shape index (κ2) is 6.14. The van der Waals surface area contributed by atoms with E-state index in [-0.39, 0.29) is 11.6 Å². The summed E-state index contributed by atoms with van der Waals surface area (Å²) in [6, 6.07) is 0. The van der Waals surface area contributed by atoms with E-state index in [4.69, 9.17) is 0 Å². The van der Waals surface area contributed by atoms with E-state index in [1.54, 1.807) is 6.92 Å². The predicted octanol–water partition coefficient (Wildman–Crippen LogP) is 2.99. The first kappa shape index (κ1) is 16.0. The molecule has 0 amide bonds. The van der Waals surface area contributed by atoms with Crippen molar-refractivity contribution in [3.8, 4) is 0 Å².